The average molecular weight is 329 g/mol. The van der Waals surface area contributed by atoms with E-state index in [4.69, 9.17) is 17.0 Å². The quantitative estimate of drug-likeness (QED) is 0.831. The Hall–Kier alpha value is -1.59. The van der Waals surface area contributed by atoms with Crippen LogP contribution in [-0.2, 0) is 11.2 Å². The van der Waals surface area contributed by atoms with Crippen molar-refractivity contribution >= 4 is 28.2 Å². The van der Waals surface area contributed by atoms with Gasteiger partial charge in [0.15, 0.2) is 5.11 Å². The van der Waals surface area contributed by atoms with Crippen molar-refractivity contribution in [1.82, 2.24) is 15.2 Å². The summed E-state index contributed by atoms with van der Waals surface area (Å²) >= 11 is 5.64. The van der Waals surface area contributed by atoms with Crippen LogP contribution in [0.25, 0.3) is 10.9 Å². The van der Waals surface area contributed by atoms with E-state index in [0.29, 0.717) is 6.10 Å². The molecule has 0 radical (unpaired) electrons. The highest BCUT2D eigenvalue weighted by molar-refractivity contribution is 7.80. The molecule has 4 rings (SSSR count). The highest BCUT2D eigenvalue weighted by atomic mass is 32.1. The minimum Gasteiger partial charge on any atom is -0.376 e. The van der Waals surface area contributed by atoms with E-state index >= 15 is 0 Å². The molecule has 2 atom stereocenters. The SMILES string of the molecule is CC1c2[nH]c3ccccc3c2CCN1C(=S)NCC1CCCO1. The van der Waals surface area contributed by atoms with Gasteiger partial charge in [-0.2, -0.15) is 0 Å². The number of aromatic nitrogens is 1. The van der Waals surface area contributed by atoms with E-state index in [1.165, 1.54) is 22.2 Å². The Morgan fingerprint density at radius 1 is 1.43 bits per heavy atom. The molecule has 4 nitrogen and oxygen atoms in total. The number of hydrogen-bond donors (Lipinski definition) is 2. The molecule has 23 heavy (non-hydrogen) atoms. The summed E-state index contributed by atoms with van der Waals surface area (Å²) in [6.07, 6.45) is 3.65. The Bertz CT molecular complexity index is 720. The number of rotatable bonds is 2. The predicted molar refractivity (Wildman–Crippen MR) is 96.7 cm³/mol. The Morgan fingerprint density at radius 3 is 3.13 bits per heavy atom. The van der Waals surface area contributed by atoms with Crippen LogP contribution in [0.2, 0.25) is 0 Å². The highest BCUT2D eigenvalue weighted by Crippen LogP contribution is 2.34. The van der Waals surface area contributed by atoms with E-state index in [1.54, 1.807) is 0 Å². The summed E-state index contributed by atoms with van der Waals surface area (Å²) in [7, 11) is 0. The lowest BCUT2D eigenvalue weighted by Gasteiger charge is -2.36. The number of thiocarbonyl (C=S) groups is 1. The van der Waals surface area contributed by atoms with Crippen molar-refractivity contribution in [3.8, 4) is 0 Å². The maximum Gasteiger partial charge on any atom is 0.169 e. The zero-order valence-electron chi connectivity index (χ0n) is 13.5. The molecular weight excluding hydrogens is 306 g/mol. The second-order valence-corrected chi connectivity index (χ2v) is 6.89. The van der Waals surface area contributed by atoms with Crippen molar-refractivity contribution in [2.75, 3.05) is 19.7 Å². The fourth-order valence-electron chi connectivity index (χ4n) is 3.81. The first kappa shape index (κ1) is 15.0. The zero-order valence-corrected chi connectivity index (χ0v) is 14.3. The van der Waals surface area contributed by atoms with Crippen LogP contribution in [-0.4, -0.2) is 40.8 Å². The first-order valence-corrected chi connectivity index (χ1v) is 8.90. The smallest absolute Gasteiger partial charge is 0.169 e. The summed E-state index contributed by atoms with van der Waals surface area (Å²) in [5.41, 5.74) is 3.98. The molecule has 1 saturated heterocycles. The number of aromatic amines is 1. The normalized spacial score (nSPS) is 24.0. The van der Waals surface area contributed by atoms with Gasteiger partial charge in [-0.3, -0.25) is 0 Å². The van der Waals surface area contributed by atoms with Gasteiger partial charge in [-0.25, -0.2) is 0 Å². The molecule has 2 aromatic rings. The number of nitrogens with zero attached hydrogens (tertiary/aromatic N) is 1. The Kier molecular flexibility index (Phi) is 3.99. The molecule has 5 heteroatoms. The van der Waals surface area contributed by atoms with Gasteiger partial charge >= 0.3 is 0 Å². The Balaban J connectivity index is 1.50. The lowest BCUT2D eigenvalue weighted by Crippen LogP contribution is -2.46. The molecule has 122 valence electrons. The van der Waals surface area contributed by atoms with Gasteiger partial charge in [-0.15, -0.1) is 0 Å². The lowest BCUT2D eigenvalue weighted by molar-refractivity contribution is 0.113. The molecule has 0 spiro atoms. The second-order valence-electron chi connectivity index (χ2n) is 6.50. The standard InChI is InChI=1S/C18H23N3OS/c1-12-17-15(14-6-2-3-7-16(14)20-17)8-9-21(12)18(23)19-11-13-5-4-10-22-13/h2-3,6-7,12-13,20H,4-5,8-11H2,1H3,(H,19,23). The van der Waals surface area contributed by atoms with Crippen molar-refractivity contribution < 1.29 is 4.74 Å². The van der Waals surface area contributed by atoms with Crippen LogP contribution in [0.4, 0.5) is 0 Å². The molecule has 0 saturated carbocycles. The maximum atomic E-state index is 5.67. The van der Waals surface area contributed by atoms with Gasteiger partial charge in [0.1, 0.15) is 0 Å². The molecule has 1 aromatic heterocycles. The minimum absolute atomic E-state index is 0.274. The van der Waals surface area contributed by atoms with Crippen LogP contribution in [0, 0.1) is 0 Å². The van der Waals surface area contributed by atoms with E-state index in [0.717, 1.165) is 44.1 Å². The van der Waals surface area contributed by atoms with Crippen LogP contribution < -0.4 is 5.32 Å². The lowest BCUT2D eigenvalue weighted by atomic mass is 9.99. The molecule has 2 aliphatic rings. The maximum absolute atomic E-state index is 5.67. The molecule has 2 N–H and O–H groups in total. The monoisotopic (exact) mass is 329 g/mol. The van der Waals surface area contributed by atoms with Crippen molar-refractivity contribution in [3.63, 3.8) is 0 Å². The summed E-state index contributed by atoms with van der Waals surface area (Å²) in [5, 5.41) is 5.61. The third-order valence-electron chi connectivity index (χ3n) is 5.10. The molecule has 0 aliphatic carbocycles. The molecular formula is C18H23N3OS. The molecule has 0 bridgehead atoms. The van der Waals surface area contributed by atoms with Gasteiger partial charge in [0, 0.05) is 36.3 Å². The summed E-state index contributed by atoms with van der Waals surface area (Å²) < 4.78 is 5.67. The van der Waals surface area contributed by atoms with Crippen LogP contribution in [0.15, 0.2) is 24.3 Å². The molecule has 1 fully saturated rings. The zero-order chi connectivity index (χ0) is 15.8. The van der Waals surface area contributed by atoms with Gasteiger partial charge in [0.25, 0.3) is 0 Å². The van der Waals surface area contributed by atoms with E-state index < -0.39 is 0 Å². The highest BCUT2D eigenvalue weighted by Gasteiger charge is 2.29. The van der Waals surface area contributed by atoms with Gasteiger partial charge in [0.05, 0.1) is 12.1 Å². The van der Waals surface area contributed by atoms with Crippen LogP contribution in [0.3, 0.4) is 0 Å². The van der Waals surface area contributed by atoms with Crippen molar-refractivity contribution in [2.24, 2.45) is 0 Å². The molecule has 2 aliphatic heterocycles. The summed E-state index contributed by atoms with van der Waals surface area (Å²) in [5.74, 6) is 0. The summed E-state index contributed by atoms with van der Waals surface area (Å²) in [4.78, 5) is 5.89. The van der Waals surface area contributed by atoms with Crippen LogP contribution in [0.5, 0.6) is 0 Å². The van der Waals surface area contributed by atoms with Crippen molar-refractivity contribution in [1.29, 1.82) is 0 Å². The first-order chi connectivity index (χ1) is 11.2. The van der Waals surface area contributed by atoms with Gasteiger partial charge < -0.3 is 19.9 Å². The Morgan fingerprint density at radius 2 is 2.30 bits per heavy atom. The number of para-hydroxylation sites is 1. The van der Waals surface area contributed by atoms with E-state index in [-0.39, 0.29) is 6.04 Å². The van der Waals surface area contributed by atoms with Crippen LogP contribution in [0.1, 0.15) is 37.1 Å². The third-order valence-corrected chi connectivity index (χ3v) is 5.48. The van der Waals surface area contributed by atoms with Crippen molar-refractivity contribution in [2.45, 2.75) is 38.3 Å². The third kappa shape index (κ3) is 2.72. The number of hydrogen-bond acceptors (Lipinski definition) is 2. The van der Waals surface area contributed by atoms with E-state index in [1.807, 2.05) is 0 Å². The minimum atomic E-state index is 0.274. The van der Waals surface area contributed by atoms with Gasteiger partial charge in [-0.1, -0.05) is 18.2 Å². The fourth-order valence-corrected chi connectivity index (χ4v) is 4.15. The largest absolute Gasteiger partial charge is 0.376 e. The number of fused-ring (bicyclic) bond motifs is 3. The summed E-state index contributed by atoms with van der Waals surface area (Å²) in [6, 6.07) is 8.83. The number of H-pyrrole nitrogens is 1. The molecule has 3 heterocycles. The van der Waals surface area contributed by atoms with E-state index in [2.05, 4.69) is 46.4 Å². The van der Waals surface area contributed by atoms with Gasteiger partial charge in [-0.05, 0) is 50.0 Å². The number of nitrogens with one attached hydrogen (secondary N) is 2. The first-order valence-electron chi connectivity index (χ1n) is 8.49. The molecule has 2 unspecified atom stereocenters. The predicted octanol–water partition coefficient (Wildman–Crippen LogP) is 3.14. The average Bonchev–Trinajstić information content (AvgIpc) is 3.21. The van der Waals surface area contributed by atoms with E-state index in [9.17, 15) is 0 Å². The molecule has 0 amide bonds. The fraction of sp³-hybridized carbons (Fsp3) is 0.500. The van der Waals surface area contributed by atoms with Gasteiger partial charge in [0.2, 0.25) is 0 Å². The number of ether oxygens (including phenoxy) is 1. The Labute approximate surface area is 142 Å². The van der Waals surface area contributed by atoms with Crippen molar-refractivity contribution in [3.05, 3.63) is 35.5 Å². The molecule has 1 aromatic carbocycles. The number of benzene rings is 1. The second kappa shape index (κ2) is 6.13. The summed E-state index contributed by atoms with van der Waals surface area (Å²) in [6.45, 7) is 4.90. The topological polar surface area (TPSA) is 40.3 Å². The van der Waals surface area contributed by atoms with Crippen LogP contribution >= 0.6 is 12.2 Å².